The van der Waals surface area contributed by atoms with Crippen molar-refractivity contribution in [1.29, 1.82) is 0 Å². The molecule has 1 aromatic rings. The quantitative estimate of drug-likeness (QED) is 0.862. The Morgan fingerprint density at radius 2 is 2.15 bits per heavy atom. The van der Waals surface area contributed by atoms with Crippen LogP contribution in [-0.4, -0.2) is 33.0 Å². The second-order valence-electron chi connectivity index (χ2n) is 4.55. The minimum Gasteiger partial charge on any atom is -0.315 e. The molecule has 4 nitrogen and oxygen atoms in total. The van der Waals surface area contributed by atoms with Crippen molar-refractivity contribution in [2.75, 3.05) is 18.6 Å². The molecule has 1 fully saturated rings. The van der Waals surface area contributed by atoms with Gasteiger partial charge in [0.15, 0.2) is 5.82 Å². The van der Waals surface area contributed by atoms with Crippen LogP contribution in [0, 0.1) is 11.6 Å². The molecular formula is C12H16F2N2O2S2. The molecule has 2 N–H and O–H groups in total. The van der Waals surface area contributed by atoms with E-state index in [1.807, 2.05) is 0 Å². The smallest absolute Gasteiger partial charge is 0.243 e. The summed E-state index contributed by atoms with van der Waals surface area (Å²) in [5, 5.41) is 2.62. The predicted molar refractivity (Wildman–Crippen MR) is 75.2 cm³/mol. The van der Waals surface area contributed by atoms with E-state index in [1.165, 1.54) is 7.05 Å². The van der Waals surface area contributed by atoms with Gasteiger partial charge in [0.25, 0.3) is 0 Å². The Hall–Kier alpha value is -0.700. The van der Waals surface area contributed by atoms with Crippen molar-refractivity contribution in [3.63, 3.8) is 0 Å². The summed E-state index contributed by atoms with van der Waals surface area (Å²) < 4.78 is 54.5. The summed E-state index contributed by atoms with van der Waals surface area (Å²) in [6.45, 7) is -0.0691. The number of thioether (sulfide) groups is 1. The number of hydrogen-bond donors (Lipinski definition) is 2. The topological polar surface area (TPSA) is 58.2 Å². The SMILES string of the molecule is CNCc1c(F)ccc(S(=O)(=O)NC2CCSC2)c1F. The molecule has 0 radical (unpaired) electrons. The molecule has 2 rings (SSSR count). The van der Waals surface area contributed by atoms with Gasteiger partial charge in [0.2, 0.25) is 10.0 Å². The maximum atomic E-state index is 14.2. The molecule has 0 spiro atoms. The summed E-state index contributed by atoms with van der Waals surface area (Å²) in [7, 11) is -2.43. The lowest BCUT2D eigenvalue weighted by molar-refractivity contribution is 0.514. The molecule has 0 amide bonds. The van der Waals surface area contributed by atoms with Crippen molar-refractivity contribution in [3.05, 3.63) is 29.3 Å². The Morgan fingerprint density at radius 1 is 1.40 bits per heavy atom. The van der Waals surface area contributed by atoms with Crippen LogP contribution in [0.2, 0.25) is 0 Å². The molecule has 1 unspecified atom stereocenters. The summed E-state index contributed by atoms with van der Waals surface area (Å²) in [6, 6.07) is 1.75. The fraction of sp³-hybridized carbons (Fsp3) is 0.500. The van der Waals surface area contributed by atoms with Crippen LogP contribution in [0.3, 0.4) is 0 Å². The predicted octanol–water partition coefficient (Wildman–Crippen LogP) is 1.47. The van der Waals surface area contributed by atoms with Crippen molar-refractivity contribution in [2.24, 2.45) is 0 Å². The van der Waals surface area contributed by atoms with Crippen LogP contribution in [-0.2, 0) is 16.6 Å². The van der Waals surface area contributed by atoms with Crippen molar-refractivity contribution >= 4 is 21.8 Å². The van der Waals surface area contributed by atoms with Gasteiger partial charge in [-0.2, -0.15) is 11.8 Å². The van der Waals surface area contributed by atoms with Crippen LogP contribution >= 0.6 is 11.8 Å². The molecular weight excluding hydrogens is 306 g/mol. The zero-order valence-electron chi connectivity index (χ0n) is 10.9. The molecule has 0 aromatic heterocycles. The second-order valence-corrected chi connectivity index (χ2v) is 7.38. The van der Waals surface area contributed by atoms with Crippen LogP contribution in [0.25, 0.3) is 0 Å². The fourth-order valence-corrected chi connectivity index (χ4v) is 4.66. The molecule has 112 valence electrons. The summed E-state index contributed by atoms with van der Waals surface area (Å²) in [6.07, 6.45) is 0.718. The minimum absolute atomic E-state index is 0.0691. The van der Waals surface area contributed by atoms with Crippen LogP contribution in [0.4, 0.5) is 8.78 Å². The van der Waals surface area contributed by atoms with E-state index in [-0.39, 0.29) is 18.2 Å². The van der Waals surface area contributed by atoms with Crippen LogP contribution in [0.1, 0.15) is 12.0 Å². The first-order valence-electron chi connectivity index (χ1n) is 6.17. The zero-order valence-corrected chi connectivity index (χ0v) is 12.6. The number of nitrogens with one attached hydrogen (secondary N) is 2. The molecule has 0 saturated carbocycles. The maximum absolute atomic E-state index is 14.2. The Bertz CT molecular complexity index is 587. The van der Waals surface area contributed by atoms with Crippen molar-refractivity contribution in [2.45, 2.75) is 23.9 Å². The second kappa shape index (κ2) is 6.38. The number of benzene rings is 1. The molecule has 1 aromatic carbocycles. The van der Waals surface area contributed by atoms with Gasteiger partial charge >= 0.3 is 0 Å². The number of hydrogen-bond acceptors (Lipinski definition) is 4. The number of rotatable bonds is 5. The largest absolute Gasteiger partial charge is 0.315 e. The fourth-order valence-electron chi connectivity index (χ4n) is 2.03. The lowest BCUT2D eigenvalue weighted by Gasteiger charge is -2.14. The Balaban J connectivity index is 2.33. The van der Waals surface area contributed by atoms with Gasteiger partial charge in [-0.15, -0.1) is 0 Å². The van der Waals surface area contributed by atoms with E-state index in [0.29, 0.717) is 5.75 Å². The monoisotopic (exact) mass is 322 g/mol. The van der Waals surface area contributed by atoms with Gasteiger partial charge in [0.05, 0.1) is 0 Å². The standard InChI is InChI=1S/C12H16F2N2O2S2/c1-15-6-9-10(13)2-3-11(12(9)14)20(17,18)16-8-4-5-19-7-8/h2-3,8,15-16H,4-7H2,1H3. The molecule has 1 saturated heterocycles. The van der Waals surface area contributed by atoms with E-state index in [0.717, 1.165) is 24.3 Å². The molecule has 1 heterocycles. The summed E-state index contributed by atoms with van der Waals surface area (Å²) in [4.78, 5) is -0.499. The molecule has 8 heteroatoms. The van der Waals surface area contributed by atoms with Crippen LogP contribution < -0.4 is 10.0 Å². The molecule has 1 aliphatic rings. The van der Waals surface area contributed by atoms with Gasteiger partial charge in [-0.3, -0.25) is 0 Å². The van der Waals surface area contributed by atoms with E-state index in [2.05, 4.69) is 10.0 Å². The van der Waals surface area contributed by atoms with E-state index in [4.69, 9.17) is 0 Å². The third-order valence-electron chi connectivity index (χ3n) is 3.05. The Labute approximate surface area is 121 Å². The first-order valence-corrected chi connectivity index (χ1v) is 8.81. The highest BCUT2D eigenvalue weighted by atomic mass is 32.2. The van der Waals surface area contributed by atoms with E-state index in [9.17, 15) is 17.2 Å². The van der Waals surface area contributed by atoms with E-state index < -0.39 is 26.6 Å². The summed E-state index contributed by atoms with van der Waals surface area (Å²) >= 11 is 1.65. The highest BCUT2D eigenvalue weighted by Crippen LogP contribution is 2.23. The molecule has 0 aliphatic carbocycles. The summed E-state index contributed by atoms with van der Waals surface area (Å²) in [5.74, 6) is -0.236. The number of halogens is 2. The van der Waals surface area contributed by atoms with Crippen LogP contribution in [0.5, 0.6) is 0 Å². The van der Waals surface area contributed by atoms with Crippen molar-refractivity contribution in [3.8, 4) is 0 Å². The first-order chi connectivity index (χ1) is 9.45. The maximum Gasteiger partial charge on any atom is 0.243 e. The van der Waals surface area contributed by atoms with Gasteiger partial charge in [0, 0.05) is 23.9 Å². The lowest BCUT2D eigenvalue weighted by atomic mass is 10.2. The molecule has 1 atom stereocenters. The van der Waals surface area contributed by atoms with Crippen molar-refractivity contribution in [1.82, 2.24) is 10.0 Å². The average Bonchev–Trinajstić information content (AvgIpc) is 2.86. The Kier molecular flexibility index (Phi) is 5.00. The van der Waals surface area contributed by atoms with Crippen molar-refractivity contribution < 1.29 is 17.2 Å². The minimum atomic E-state index is -3.96. The van der Waals surface area contributed by atoms with Crippen LogP contribution in [0.15, 0.2) is 17.0 Å². The first kappa shape index (κ1) is 15.7. The zero-order chi connectivity index (χ0) is 14.8. The highest BCUT2D eigenvalue weighted by molar-refractivity contribution is 7.99. The molecule has 1 aliphatic heterocycles. The lowest BCUT2D eigenvalue weighted by Crippen LogP contribution is -2.35. The van der Waals surface area contributed by atoms with Gasteiger partial charge in [-0.1, -0.05) is 0 Å². The normalized spacial score (nSPS) is 19.4. The van der Waals surface area contributed by atoms with Gasteiger partial charge in [-0.05, 0) is 31.4 Å². The van der Waals surface area contributed by atoms with E-state index >= 15 is 0 Å². The van der Waals surface area contributed by atoms with Gasteiger partial charge in [-0.25, -0.2) is 21.9 Å². The number of sulfonamides is 1. The van der Waals surface area contributed by atoms with Gasteiger partial charge < -0.3 is 5.32 Å². The summed E-state index contributed by atoms with van der Waals surface area (Å²) in [5.41, 5.74) is -0.267. The Morgan fingerprint density at radius 3 is 2.75 bits per heavy atom. The molecule has 20 heavy (non-hydrogen) atoms. The third kappa shape index (κ3) is 3.30. The molecule has 0 bridgehead atoms. The van der Waals surface area contributed by atoms with E-state index in [1.54, 1.807) is 11.8 Å². The average molecular weight is 322 g/mol. The third-order valence-corrected chi connectivity index (χ3v) is 5.75. The van der Waals surface area contributed by atoms with Gasteiger partial charge in [0.1, 0.15) is 10.7 Å². The highest BCUT2D eigenvalue weighted by Gasteiger charge is 2.27.